The Morgan fingerprint density at radius 3 is 2.47 bits per heavy atom. The maximum atomic E-state index is 13.2. The summed E-state index contributed by atoms with van der Waals surface area (Å²) >= 11 is 1.63. The third-order valence-electron chi connectivity index (χ3n) is 5.60. The van der Waals surface area contributed by atoms with Gasteiger partial charge in [-0.2, -0.15) is 0 Å². The lowest BCUT2D eigenvalue weighted by molar-refractivity contribution is 0.391. The first-order valence-electron chi connectivity index (χ1n) is 10.6. The second kappa shape index (κ2) is 9.13. The fourth-order valence-corrected chi connectivity index (χ4v) is 6.28. The summed E-state index contributed by atoms with van der Waals surface area (Å²) in [7, 11) is -2.10. The molecule has 0 bridgehead atoms. The van der Waals surface area contributed by atoms with Crippen LogP contribution in [-0.4, -0.2) is 40.7 Å². The Bertz CT molecular complexity index is 1180. The van der Waals surface area contributed by atoms with E-state index in [-0.39, 0.29) is 4.90 Å². The minimum Gasteiger partial charge on any atom is -0.495 e. The van der Waals surface area contributed by atoms with Gasteiger partial charge in [-0.1, -0.05) is 12.1 Å². The quantitative estimate of drug-likeness (QED) is 0.544. The Balaban J connectivity index is 1.62. The zero-order chi connectivity index (χ0) is 22.9. The van der Waals surface area contributed by atoms with Crippen molar-refractivity contribution in [3.63, 3.8) is 0 Å². The molecule has 1 aromatic heterocycles. The van der Waals surface area contributed by atoms with Crippen LogP contribution in [0.1, 0.15) is 19.4 Å². The van der Waals surface area contributed by atoms with Crippen molar-refractivity contribution >= 4 is 32.7 Å². The number of sulfonamides is 1. The molecule has 32 heavy (non-hydrogen) atoms. The van der Waals surface area contributed by atoms with Gasteiger partial charge in [0.2, 0.25) is 0 Å². The summed E-state index contributed by atoms with van der Waals surface area (Å²) in [5.41, 5.74) is 3.13. The number of aryl methyl sites for hydroxylation is 1. The van der Waals surface area contributed by atoms with E-state index in [0.29, 0.717) is 23.3 Å². The van der Waals surface area contributed by atoms with Crippen LogP contribution in [0.4, 0.5) is 11.4 Å². The van der Waals surface area contributed by atoms with E-state index in [1.165, 1.54) is 0 Å². The molecule has 0 amide bonds. The number of nitrogens with one attached hydrogen (secondary N) is 2. The zero-order valence-corrected chi connectivity index (χ0v) is 20.4. The molecule has 4 rings (SSSR count). The third-order valence-corrected chi connectivity index (χ3v) is 8.06. The van der Waals surface area contributed by atoms with Crippen molar-refractivity contribution in [3.05, 3.63) is 59.5 Å². The zero-order valence-electron chi connectivity index (χ0n) is 18.8. The van der Waals surface area contributed by atoms with Crippen LogP contribution in [0.3, 0.4) is 0 Å². The Hall–Kier alpha value is -2.55. The first-order valence-corrected chi connectivity index (χ1v) is 13.0. The highest BCUT2D eigenvalue weighted by Gasteiger charge is 2.24. The van der Waals surface area contributed by atoms with E-state index in [0.717, 1.165) is 35.0 Å². The summed E-state index contributed by atoms with van der Waals surface area (Å²) in [5, 5.41) is 5.53. The average Bonchev–Trinajstić information content (AvgIpc) is 3.27. The van der Waals surface area contributed by atoms with E-state index in [1.807, 2.05) is 48.7 Å². The molecule has 2 heterocycles. The highest BCUT2D eigenvalue weighted by Crippen LogP contribution is 2.34. The molecule has 1 aliphatic heterocycles. The molecule has 2 aromatic carbocycles. The fraction of sp³-hybridized carbons (Fsp3) is 0.333. The number of benzene rings is 2. The van der Waals surface area contributed by atoms with Crippen LogP contribution in [-0.2, 0) is 10.0 Å². The van der Waals surface area contributed by atoms with Crippen molar-refractivity contribution in [2.75, 3.05) is 29.8 Å². The monoisotopic (exact) mass is 471 g/mol. The van der Waals surface area contributed by atoms with E-state index >= 15 is 0 Å². The summed E-state index contributed by atoms with van der Waals surface area (Å²) in [4.78, 5) is 3.63. The molecule has 2 atom stereocenters. The molecule has 0 radical (unpaired) electrons. The van der Waals surface area contributed by atoms with Crippen LogP contribution in [0.25, 0.3) is 10.4 Å². The first kappa shape index (κ1) is 22.6. The van der Waals surface area contributed by atoms with Crippen LogP contribution in [0.5, 0.6) is 5.75 Å². The number of rotatable bonds is 6. The number of piperazine rings is 1. The normalized spacial score (nSPS) is 19.1. The molecule has 0 aliphatic carbocycles. The lowest BCUT2D eigenvalue weighted by Crippen LogP contribution is -2.54. The van der Waals surface area contributed by atoms with Crippen molar-refractivity contribution < 1.29 is 13.2 Å². The van der Waals surface area contributed by atoms with Crippen molar-refractivity contribution in [3.8, 4) is 16.2 Å². The molecule has 1 saturated heterocycles. The van der Waals surface area contributed by atoms with Gasteiger partial charge < -0.3 is 15.0 Å². The minimum absolute atomic E-state index is 0.277. The molecular weight excluding hydrogens is 442 g/mol. The van der Waals surface area contributed by atoms with Gasteiger partial charge in [-0.3, -0.25) is 4.72 Å². The maximum absolute atomic E-state index is 13.2. The van der Waals surface area contributed by atoms with E-state index in [2.05, 4.69) is 28.8 Å². The molecule has 1 aliphatic rings. The van der Waals surface area contributed by atoms with Crippen LogP contribution < -0.4 is 19.7 Å². The van der Waals surface area contributed by atoms with Gasteiger partial charge >= 0.3 is 0 Å². The maximum Gasteiger partial charge on any atom is 0.262 e. The summed E-state index contributed by atoms with van der Waals surface area (Å²) < 4.78 is 34.7. The largest absolute Gasteiger partial charge is 0.495 e. The second-order valence-corrected chi connectivity index (χ2v) is 10.9. The van der Waals surface area contributed by atoms with Gasteiger partial charge in [0.15, 0.2) is 0 Å². The third kappa shape index (κ3) is 4.77. The van der Waals surface area contributed by atoms with Gasteiger partial charge in [0, 0.05) is 30.1 Å². The van der Waals surface area contributed by atoms with Gasteiger partial charge in [0.05, 0.1) is 23.4 Å². The minimum atomic E-state index is -3.74. The topological polar surface area (TPSA) is 70.7 Å². The predicted octanol–water partition coefficient (Wildman–Crippen LogP) is 4.72. The summed E-state index contributed by atoms with van der Waals surface area (Å²) in [6, 6.07) is 15.5. The van der Waals surface area contributed by atoms with E-state index in [9.17, 15) is 8.42 Å². The molecule has 3 aromatic rings. The molecule has 6 nitrogen and oxygen atoms in total. The van der Waals surface area contributed by atoms with Gasteiger partial charge in [-0.15, -0.1) is 11.3 Å². The molecule has 8 heteroatoms. The second-order valence-electron chi connectivity index (χ2n) is 8.32. The highest BCUT2D eigenvalue weighted by molar-refractivity contribution is 7.92. The standard InChI is InChI=1S/C24H29N3O3S2/c1-16-12-19(23-6-5-11-31-23)7-10-24(16)32(28,29)26-20-8-9-22(30-4)21(13-20)27-14-17(2)25-18(3)15-27/h5-13,17-18,25-26H,14-15H2,1-4H3. The summed E-state index contributed by atoms with van der Waals surface area (Å²) in [5.74, 6) is 0.728. The van der Waals surface area contributed by atoms with Gasteiger partial charge in [0.1, 0.15) is 5.75 Å². The molecule has 0 saturated carbocycles. The number of hydrogen-bond acceptors (Lipinski definition) is 6. The van der Waals surface area contributed by atoms with Gasteiger partial charge in [0.25, 0.3) is 10.0 Å². The van der Waals surface area contributed by atoms with Crippen molar-refractivity contribution in [2.45, 2.75) is 37.8 Å². The lowest BCUT2D eigenvalue weighted by atomic mass is 10.1. The van der Waals surface area contributed by atoms with Crippen LogP contribution >= 0.6 is 11.3 Å². The molecule has 2 unspecified atom stereocenters. The Kier molecular flexibility index (Phi) is 6.46. The van der Waals surface area contributed by atoms with Crippen LogP contribution in [0, 0.1) is 6.92 Å². The number of thiophene rings is 1. The van der Waals surface area contributed by atoms with Crippen molar-refractivity contribution in [1.29, 1.82) is 0 Å². The summed E-state index contributed by atoms with van der Waals surface area (Å²) in [6.07, 6.45) is 0. The number of nitrogens with zero attached hydrogens (tertiary/aromatic N) is 1. The van der Waals surface area contributed by atoms with Crippen LogP contribution in [0.15, 0.2) is 58.8 Å². The number of anilines is 2. The van der Waals surface area contributed by atoms with Crippen LogP contribution in [0.2, 0.25) is 0 Å². The van der Waals surface area contributed by atoms with E-state index in [1.54, 1.807) is 30.6 Å². The number of ether oxygens (including phenoxy) is 1. The SMILES string of the molecule is COc1ccc(NS(=O)(=O)c2ccc(-c3cccs3)cc2C)cc1N1CC(C)NC(C)C1. The van der Waals surface area contributed by atoms with Gasteiger partial charge in [-0.25, -0.2) is 8.42 Å². The first-order chi connectivity index (χ1) is 15.3. The Morgan fingerprint density at radius 1 is 1.09 bits per heavy atom. The molecule has 1 fully saturated rings. The lowest BCUT2D eigenvalue weighted by Gasteiger charge is -2.38. The fourth-order valence-electron chi connectivity index (χ4n) is 4.28. The number of hydrogen-bond donors (Lipinski definition) is 2. The molecular formula is C24H29N3O3S2. The highest BCUT2D eigenvalue weighted by atomic mass is 32.2. The molecule has 0 spiro atoms. The van der Waals surface area contributed by atoms with Crippen molar-refractivity contribution in [2.24, 2.45) is 0 Å². The van der Waals surface area contributed by atoms with E-state index in [4.69, 9.17) is 4.74 Å². The number of methoxy groups -OCH3 is 1. The Labute approximate surface area is 194 Å². The van der Waals surface area contributed by atoms with Crippen molar-refractivity contribution in [1.82, 2.24) is 5.32 Å². The Morgan fingerprint density at radius 2 is 1.84 bits per heavy atom. The molecule has 2 N–H and O–H groups in total. The predicted molar refractivity (Wildman–Crippen MR) is 133 cm³/mol. The summed E-state index contributed by atoms with van der Waals surface area (Å²) in [6.45, 7) is 7.75. The van der Waals surface area contributed by atoms with Gasteiger partial charge in [-0.05, 0) is 73.7 Å². The average molecular weight is 472 g/mol. The van der Waals surface area contributed by atoms with E-state index < -0.39 is 10.0 Å². The molecule has 170 valence electrons. The smallest absolute Gasteiger partial charge is 0.262 e.